The maximum atomic E-state index is 15.6. The predicted molar refractivity (Wildman–Crippen MR) is 150 cm³/mol. The number of hydrogen-bond donors (Lipinski definition) is 3. The van der Waals surface area contributed by atoms with Gasteiger partial charge in [0.25, 0.3) is 5.56 Å². The van der Waals surface area contributed by atoms with Crippen molar-refractivity contribution in [2.75, 3.05) is 6.61 Å². The van der Waals surface area contributed by atoms with Crippen molar-refractivity contribution in [1.82, 2.24) is 19.8 Å². The second-order valence-corrected chi connectivity index (χ2v) is 12.3. The van der Waals surface area contributed by atoms with Crippen molar-refractivity contribution in [3.05, 3.63) is 68.8 Å². The van der Waals surface area contributed by atoms with Gasteiger partial charge >= 0.3 is 19.4 Å². The number of ether oxygens (including phenoxy) is 2. The number of benzene rings is 1. The molecule has 0 aliphatic carbocycles. The molecule has 3 N–H and O–H groups in total. The Bertz CT molecular complexity index is 1600. The van der Waals surface area contributed by atoms with Gasteiger partial charge in [0, 0.05) is 17.8 Å². The fourth-order valence-corrected chi connectivity index (χ4v) is 6.07. The van der Waals surface area contributed by atoms with Crippen molar-refractivity contribution < 1.29 is 41.9 Å². The molecule has 0 saturated carbocycles. The Morgan fingerprint density at radius 1 is 1.23 bits per heavy atom. The van der Waals surface area contributed by atoms with Crippen LogP contribution in [0.4, 0.5) is 4.39 Å². The molecular weight excluding hydrogens is 590 g/mol. The second kappa shape index (κ2) is 12.5. The van der Waals surface area contributed by atoms with Crippen molar-refractivity contribution in [2.45, 2.75) is 77.8 Å². The summed E-state index contributed by atoms with van der Waals surface area (Å²) < 4.78 is 57.6. The SMILES string of the molecule is Cc1noc(C)c1-c1ccc(OP(=O)(N[C@@H](C)C(=O)OC(C)C)OC[C@H]2O[C@@H](n3ccc(=O)[nH]c3=O)[C@](C)(F)[C@@H]2O)cc1. The molecule has 43 heavy (non-hydrogen) atoms. The Morgan fingerprint density at radius 3 is 2.49 bits per heavy atom. The van der Waals surface area contributed by atoms with E-state index in [4.69, 9.17) is 23.0 Å². The zero-order chi connectivity index (χ0) is 31.7. The number of aromatic nitrogens is 3. The molecule has 16 heteroatoms. The molecule has 1 fully saturated rings. The van der Waals surface area contributed by atoms with E-state index in [1.807, 2.05) is 4.98 Å². The summed E-state index contributed by atoms with van der Waals surface area (Å²) in [5.74, 6) is -0.0319. The summed E-state index contributed by atoms with van der Waals surface area (Å²) in [6, 6.07) is 6.25. The van der Waals surface area contributed by atoms with E-state index in [0.717, 1.165) is 34.9 Å². The van der Waals surface area contributed by atoms with Gasteiger partial charge in [-0.25, -0.2) is 13.8 Å². The highest BCUT2D eigenvalue weighted by Crippen LogP contribution is 2.48. The summed E-state index contributed by atoms with van der Waals surface area (Å²) in [5, 5.41) is 17.2. The van der Waals surface area contributed by atoms with Crippen molar-refractivity contribution in [3.63, 3.8) is 0 Å². The Labute approximate surface area is 245 Å². The van der Waals surface area contributed by atoms with E-state index in [1.54, 1.807) is 39.8 Å². The number of aliphatic hydroxyl groups is 1. The molecule has 3 heterocycles. The molecule has 0 radical (unpaired) electrons. The molecule has 1 aliphatic rings. The minimum Gasteiger partial charge on any atom is -0.462 e. The first-order valence-corrected chi connectivity index (χ1v) is 14.9. The van der Waals surface area contributed by atoms with E-state index in [9.17, 15) is 24.1 Å². The van der Waals surface area contributed by atoms with Crippen LogP contribution in [0.2, 0.25) is 0 Å². The molecule has 1 unspecified atom stereocenters. The van der Waals surface area contributed by atoms with Crippen molar-refractivity contribution in [3.8, 4) is 16.9 Å². The van der Waals surface area contributed by atoms with Crippen LogP contribution < -0.4 is 20.9 Å². The van der Waals surface area contributed by atoms with Crippen LogP contribution in [-0.4, -0.2) is 62.4 Å². The van der Waals surface area contributed by atoms with Gasteiger partial charge in [0.15, 0.2) is 11.9 Å². The minimum atomic E-state index is -4.43. The Kier molecular flexibility index (Phi) is 9.42. The summed E-state index contributed by atoms with van der Waals surface area (Å²) in [5.41, 5.74) is -1.95. The zero-order valence-electron chi connectivity index (χ0n) is 24.4. The highest BCUT2D eigenvalue weighted by atomic mass is 31.2. The van der Waals surface area contributed by atoms with Crippen molar-refractivity contribution in [2.24, 2.45) is 0 Å². The average Bonchev–Trinajstić information content (AvgIpc) is 3.37. The summed E-state index contributed by atoms with van der Waals surface area (Å²) in [7, 11) is -4.43. The maximum Gasteiger partial charge on any atom is 0.459 e. The third-order valence-electron chi connectivity index (χ3n) is 6.69. The highest BCUT2D eigenvalue weighted by Gasteiger charge is 2.56. The van der Waals surface area contributed by atoms with E-state index >= 15 is 4.39 Å². The lowest BCUT2D eigenvalue weighted by molar-refractivity contribution is -0.149. The maximum absolute atomic E-state index is 15.6. The number of esters is 1. The fraction of sp³-hybridized carbons (Fsp3) is 0.481. The Morgan fingerprint density at radius 2 is 1.91 bits per heavy atom. The van der Waals surface area contributed by atoms with Crippen LogP contribution in [0.5, 0.6) is 5.75 Å². The molecule has 14 nitrogen and oxygen atoms in total. The van der Waals surface area contributed by atoms with Crippen molar-refractivity contribution in [1.29, 1.82) is 0 Å². The molecule has 2 aromatic heterocycles. The number of hydrogen-bond acceptors (Lipinski definition) is 11. The lowest BCUT2D eigenvalue weighted by Gasteiger charge is -2.25. The monoisotopic (exact) mass is 624 g/mol. The topological polar surface area (TPSA) is 184 Å². The first-order valence-electron chi connectivity index (χ1n) is 13.4. The molecule has 1 aliphatic heterocycles. The summed E-state index contributed by atoms with van der Waals surface area (Å²) in [6.07, 6.45) is -4.35. The molecule has 0 bridgehead atoms. The third kappa shape index (κ3) is 7.13. The van der Waals surface area contributed by atoms with Crippen LogP contribution >= 0.6 is 7.75 Å². The van der Waals surface area contributed by atoms with Crippen molar-refractivity contribution >= 4 is 13.7 Å². The number of rotatable bonds is 11. The van der Waals surface area contributed by atoms with Crippen LogP contribution in [0.15, 0.2) is 50.6 Å². The van der Waals surface area contributed by atoms with Gasteiger partial charge in [-0.15, -0.1) is 0 Å². The average molecular weight is 625 g/mol. The van der Waals surface area contributed by atoms with Crippen LogP contribution in [0.3, 0.4) is 0 Å². The predicted octanol–water partition coefficient (Wildman–Crippen LogP) is 2.93. The van der Waals surface area contributed by atoms with Crippen LogP contribution in [0.1, 0.15) is 45.4 Å². The normalized spacial score (nSPS) is 24.1. The van der Waals surface area contributed by atoms with Crippen LogP contribution in [-0.2, 0) is 23.4 Å². The second-order valence-electron chi connectivity index (χ2n) is 10.6. The third-order valence-corrected chi connectivity index (χ3v) is 8.33. The number of carbonyl (C=O) groups excluding carboxylic acids is 1. The number of aliphatic hydroxyl groups excluding tert-OH is 1. The van der Waals surface area contributed by atoms with Gasteiger partial charge in [0.2, 0.25) is 0 Å². The van der Waals surface area contributed by atoms with E-state index < -0.39 is 67.8 Å². The fourth-order valence-electron chi connectivity index (χ4n) is 4.56. The number of H-pyrrole nitrogens is 1. The summed E-state index contributed by atoms with van der Waals surface area (Å²) in [6.45, 7) is 8.58. The van der Waals surface area contributed by atoms with E-state index in [0.29, 0.717) is 11.5 Å². The van der Waals surface area contributed by atoms with Crippen LogP contribution in [0, 0.1) is 13.8 Å². The molecule has 1 aromatic carbocycles. The van der Waals surface area contributed by atoms with Gasteiger partial charge in [0.05, 0.1) is 18.4 Å². The lowest BCUT2D eigenvalue weighted by atomic mass is 9.98. The van der Waals surface area contributed by atoms with Gasteiger partial charge in [-0.1, -0.05) is 17.3 Å². The zero-order valence-corrected chi connectivity index (χ0v) is 25.3. The molecule has 0 amide bonds. The first kappa shape index (κ1) is 32.3. The molecular formula is C27H34FN4O10P. The molecule has 0 spiro atoms. The van der Waals surface area contributed by atoms with E-state index in [-0.39, 0.29) is 5.75 Å². The Hall–Kier alpha value is -3.62. The smallest absolute Gasteiger partial charge is 0.459 e. The van der Waals surface area contributed by atoms with Gasteiger partial charge in [0.1, 0.15) is 29.8 Å². The van der Waals surface area contributed by atoms with Gasteiger partial charge in [-0.05, 0) is 59.2 Å². The Balaban J connectivity index is 1.56. The van der Waals surface area contributed by atoms with Crippen LogP contribution in [0.25, 0.3) is 11.1 Å². The highest BCUT2D eigenvalue weighted by molar-refractivity contribution is 7.52. The molecule has 234 valence electrons. The van der Waals surface area contributed by atoms with Gasteiger partial charge in [-0.2, -0.15) is 5.09 Å². The molecule has 4 rings (SSSR count). The summed E-state index contributed by atoms with van der Waals surface area (Å²) >= 11 is 0. The van der Waals surface area contributed by atoms with E-state index in [1.165, 1.54) is 19.1 Å². The summed E-state index contributed by atoms with van der Waals surface area (Å²) in [4.78, 5) is 38.2. The van der Waals surface area contributed by atoms with E-state index in [2.05, 4.69) is 10.2 Å². The quantitative estimate of drug-likeness (QED) is 0.210. The molecule has 1 saturated heterocycles. The number of aryl methyl sites for hydroxylation is 2. The minimum absolute atomic E-state index is 0.0941. The largest absolute Gasteiger partial charge is 0.462 e. The number of nitrogens with one attached hydrogen (secondary N) is 2. The number of alkyl halides is 1. The number of aromatic amines is 1. The molecule has 6 atom stereocenters. The standard InChI is InChI=1S/C27H34FN4O10P/c1-14(2)39-24(35)16(4)31-43(37,42-19-9-7-18(8-10-19)22-15(3)30-41-17(22)5)38-13-20-23(34)27(6,28)25(40-20)32-12-11-21(33)29-26(32)36/h7-12,14,16,20,23,25,34H,13H2,1-6H3,(H,31,37)(H,29,33,36)/t16-,20+,23+,25+,27+,43?/m0/s1. The lowest BCUT2D eigenvalue weighted by Crippen LogP contribution is -2.43. The number of halogens is 1. The van der Waals surface area contributed by atoms with Gasteiger partial charge in [-0.3, -0.25) is 23.7 Å². The van der Waals surface area contributed by atoms with Gasteiger partial charge < -0.3 is 23.6 Å². The number of nitrogens with zero attached hydrogens (tertiary/aromatic N) is 2. The number of carbonyl (C=O) groups is 1. The molecule has 3 aromatic rings. The first-order chi connectivity index (χ1) is 20.1.